The molecular formula is C20H27O5. The van der Waals surface area contributed by atoms with E-state index < -0.39 is 6.16 Å². The molecule has 1 N–H and O–H groups in total. The first-order valence-corrected chi connectivity index (χ1v) is 8.49. The van der Waals surface area contributed by atoms with E-state index in [1.165, 1.54) is 12.5 Å². The van der Waals surface area contributed by atoms with Crippen molar-refractivity contribution in [3.63, 3.8) is 0 Å². The summed E-state index contributed by atoms with van der Waals surface area (Å²) in [6, 6.07) is 5.12. The van der Waals surface area contributed by atoms with Crippen LogP contribution in [0.25, 0.3) is 0 Å². The fourth-order valence-corrected chi connectivity index (χ4v) is 2.51. The number of benzene rings is 1. The minimum absolute atomic E-state index is 0.375. The van der Waals surface area contributed by atoms with Crippen LogP contribution in [0.15, 0.2) is 31.7 Å². The largest absolute Gasteiger partial charge is 0.511 e. The number of hydrogen-bond acceptors (Lipinski definition) is 4. The Labute approximate surface area is 149 Å². The van der Waals surface area contributed by atoms with Gasteiger partial charge in [0, 0.05) is 5.56 Å². The quantitative estimate of drug-likeness (QED) is 0.240. The summed E-state index contributed by atoms with van der Waals surface area (Å²) in [6.45, 7) is 10.2. The highest BCUT2D eigenvalue weighted by Gasteiger charge is 2.12. The standard InChI is InChI=1S/C20H27O5/c1-4-23-12-8-6-10-17-15-19(25-20(21)22)18(14-16(17)3)11-7-9-13-24-5-2/h4-5,15H,1-2,6-13H2,3H3,(H,21,22). The number of carboxylic acid groups (broad SMARTS) is 1. The van der Waals surface area contributed by atoms with Gasteiger partial charge in [0.15, 0.2) is 0 Å². The van der Waals surface area contributed by atoms with E-state index in [9.17, 15) is 4.79 Å². The Balaban J connectivity index is 2.72. The second-order valence-electron chi connectivity index (χ2n) is 5.62. The summed E-state index contributed by atoms with van der Waals surface area (Å²) in [6.07, 6.45) is 6.63. The Morgan fingerprint density at radius 3 is 2.28 bits per heavy atom. The van der Waals surface area contributed by atoms with Gasteiger partial charge in [0.25, 0.3) is 0 Å². The van der Waals surface area contributed by atoms with Gasteiger partial charge in [-0.2, -0.15) is 0 Å². The summed E-state index contributed by atoms with van der Waals surface area (Å²) >= 11 is 0. The van der Waals surface area contributed by atoms with Crippen LogP contribution in [0.1, 0.15) is 42.4 Å². The molecule has 0 spiro atoms. The molecule has 0 fully saturated rings. The fraction of sp³-hybridized carbons (Fsp3) is 0.450. The molecule has 0 aliphatic heterocycles. The maximum Gasteiger partial charge on any atom is 0.511 e. The lowest BCUT2D eigenvalue weighted by atomic mass is 9.97. The molecule has 0 saturated carbocycles. The highest BCUT2D eigenvalue weighted by molar-refractivity contribution is 5.62. The molecule has 1 aromatic carbocycles. The molecule has 0 atom stereocenters. The first kappa shape index (κ1) is 20.6. The van der Waals surface area contributed by atoms with Gasteiger partial charge in [-0.15, -0.1) is 0 Å². The normalized spacial score (nSPS) is 10.1. The van der Waals surface area contributed by atoms with Gasteiger partial charge in [0.2, 0.25) is 0 Å². The molecule has 25 heavy (non-hydrogen) atoms. The molecule has 0 aliphatic carbocycles. The van der Waals surface area contributed by atoms with Crippen LogP contribution < -0.4 is 4.74 Å². The summed E-state index contributed by atoms with van der Waals surface area (Å²) in [5, 5.41) is 8.97. The van der Waals surface area contributed by atoms with Gasteiger partial charge in [-0.3, -0.25) is 0 Å². The number of rotatable bonds is 13. The molecular weight excluding hydrogens is 320 g/mol. The molecule has 0 unspecified atom stereocenters. The van der Waals surface area contributed by atoms with Crippen LogP contribution >= 0.6 is 0 Å². The molecule has 0 saturated heterocycles. The first-order chi connectivity index (χ1) is 12.1. The summed E-state index contributed by atoms with van der Waals surface area (Å²) < 4.78 is 15.2. The van der Waals surface area contributed by atoms with E-state index in [1.807, 2.05) is 13.0 Å². The summed E-state index contributed by atoms with van der Waals surface area (Å²) in [5.41, 5.74) is 2.87. The van der Waals surface area contributed by atoms with Crippen molar-refractivity contribution in [2.45, 2.75) is 45.4 Å². The van der Waals surface area contributed by atoms with E-state index in [-0.39, 0.29) is 0 Å². The first-order valence-electron chi connectivity index (χ1n) is 8.49. The van der Waals surface area contributed by atoms with Crippen molar-refractivity contribution >= 4 is 6.16 Å². The van der Waals surface area contributed by atoms with Crippen molar-refractivity contribution in [3.05, 3.63) is 54.5 Å². The van der Waals surface area contributed by atoms with Crippen molar-refractivity contribution < 1.29 is 24.1 Å². The van der Waals surface area contributed by atoms with Crippen LogP contribution in [0.2, 0.25) is 0 Å². The molecule has 137 valence electrons. The third-order valence-corrected chi connectivity index (χ3v) is 3.75. The predicted molar refractivity (Wildman–Crippen MR) is 96.8 cm³/mol. The SMILES string of the molecule is C=COCCCCc1[c]c(C)c(CCCCOC=C)cc1OC(=O)O. The van der Waals surface area contributed by atoms with Crippen molar-refractivity contribution in [1.82, 2.24) is 0 Å². The van der Waals surface area contributed by atoms with Crippen LogP contribution in [0.3, 0.4) is 0 Å². The Kier molecular flexibility index (Phi) is 9.90. The maximum atomic E-state index is 11.0. The lowest BCUT2D eigenvalue weighted by Crippen LogP contribution is -2.07. The Morgan fingerprint density at radius 2 is 1.72 bits per heavy atom. The topological polar surface area (TPSA) is 65.0 Å². The molecule has 0 amide bonds. The monoisotopic (exact) mass is 347 g/mol. The zero-order valence-corrected chi connectivity index (χ0v) is 14.9. The second-order valence-corrected chi connectivity index (χ2v) is 5.62. The summed E-state index contributed by atoms with van der Waals surface area (Å²) in [4.78, 5) is 11.0. The fourth-order valence-electron chi connectivity index (χ4n) is 2.51. The van der Waals surface area contributed by atoms with Gasteiger partial charge >= 0.3 is 6.16 Å². The van der Waals surface area contributed by atoms with Gasteiger partial charge in [-0.25, -0.2) is 4.79 Å². The van der Waals surface area contributed by atoms with Crippen molar-refractivity contribution in [1.29, 1.82) is 0 Å². The van der Waals surface area contributed by atoms with Crippen molar-refractivity contribution in [2.75, 3.05) is 13.2 Å². The highest BCUT2D eigenvalue weighted by atomic mass is 16.7. The van der Waals surface area contributed by atoms with Gasteiger partial charge in [-0.1, -0.05) is 13.2 Å². The minimum atomic E-state index is -1.31. The third kappa shape index (κ3) is 8.29. The van der Waals surface area contributed by atoms with E-state index in [1.54, 1.807) is 0 Å². The van der Waals surface area contributed by atoms with Crippen LogP contribution in [-0.4, -0.2) is 24.5 Å². The zero-order chi connectivity index (χ0) is 18.5. The van der Waals surface area contributed by atoms with Gasteiger partial charge in [-0.05, 0) is 68.7 Å². The highest BCUT2D eigenvalue weighted by Crippen LogP contribution is 2.26. The van der Waals surface area contributed by atoms with E-state index in [4.69, 9.17) is 19.3 Å². The number of aryl methyl sites for hydroxylation is 3. The van der Waals surface area contributed by atoms with E-state index in [2.05, 4.69) is 19.2 Å². The molecule has 0 aromatic heterocycles. The molecule has 0 heterocycles. The molecule has 1 radical (unpaired) electrons. The molecule has 5 nitrogen and oxygen atoms in total. The average Bonchev–Trinajstić information content (AvgIpc) is 2.57. The Morgan fingerprint density at radius 1 is 1.12 bits per heavy atom. The lowest BCUT2D eigenvalue weighted by molar-refractivity contribution is 0.144. The second kappa shape index (κ2) is 12.0. The summed E-state index contributed by atoms with van der Waals surface area (Å²) in [7, 11) is 0. The van der Waals surface area contributed by atoms with Gasteiger partial charge in [0.05, 0.1) is 25.7 Å². The molecule has 1 rings (SSSR count). The average molecular weight is 347 g/mol. The maximum absolute atomic E-state index is 11.0. The predicted octanol–water partition coefficient (Wildman–Crippen LogP) is 4.82. The van der Waals surface area contributed by atoms with E-state index in [0.717, 1.165) is 48.8 Å². The molecule has 0 aliphatic rings. The summed E-state index contributed by atoms with van der Waals surface area (Å²) in [5.74, 6) is 0.375. The number of carbonyl (C=O) groups is 1. The number of unbranched alkanes of at least 4 members (excludes halogenated alkanes) is 2. The van der Waals surface area contributed by atoms with Gasteiger partial charge in [0.1, 0.15) is 5.75 Å². The van der Waals surface area contributed by atoms with Crippen molar-refractivity contribution in [2.24, 2.45) is 0 Å². The van der Waals surface area contributed by atoms with E-state index >= 15 is 0 Å². The van der Waals surface area contributed by atoms with E-state index in [0.29, 0.717) is 25.4 Å². The van der Waals surface area contributed by atoms with Crippen LogP contribution in [0.5, 0.6) is 5.75 Å². The van der Waals surface area contributed by atoms with Crippen LogP contribution in [-0.2, 0) is 22.3 Å². The Bertz CT molecular complexity index is 565. The lowest BCUT2D eigenvalue weighted by Gasteiger charge is -2.13. The Hall–Kier alpha value is -2.43. The third-order valence-electron chi connectivity index (χ3n) is 3.75. The minimum Gasteiger partial charge on any atom is -0.502 e. The van der Waals surface area contributed by atoms with Crippen molar-refractivity contribution in [3.8, 4) is 5.75 Å². The smallest absolute Gasteiger partial charge is 0.502 e. The molecule has 1 aromatic rings. The number of ether oxygens (including phenoxy) is 3. The molecule has 5 heteroatoms. The van der Waals surface area contributed by atoms with Gasteiger partial charge < -0.3 is 19.3 Å². The van der Waals surface area contributed by atoms with Crippen LogP contribution in [0, 0.1) is 13.0 Å². The van der Waals surface area contributed by atoms with Crippen LogP contribution in [0.4, 0.5) is 4.79 Å². The number of hydrogen-bond donors (Lipinski definition) is 1. The zero-order valence-electron chi connectivity index (χ0n) is 14.9. The molecule has 0 bridgehead atoms.